The SMILES string of the molecule is CCC[C@@H]1CN(C(=O)[C@@H](C)Cl)CC[C@@H]1O. The predicted molar refractivity (Wildman–Crippen MR) is 60.9 cm³/mol. The highest BCUT2D eigenvalue weighted by molar-refractivity contribution is 6.30. The Morgan fingerprint density at radius 1 is 1.67 bits per heavy atom. The van der Waals surface area contributed by atoms with E-state index in [0.717, 1.165) is 12.8 Å². The number of hydrogen-bond acceptors (Lipinski definition) is 2. The molecule has 0 unspecified atom stereocenters. The second kappa shape index (κ2) is 5.71. The van der Waals surface area contributed by atoms with Gasteiger partial charge >= 0.3 is 0 Å². The first-order valence-electron chi connectivity index (χ1n) is 5.67. The van der Waals surface area contributed by atoms with Crippen molar-refractivity contribution < 1.29 is 9.90 Å². The zero-order valence-electron chi connectivity index (χ0n) is 9.45. The molecule has 3 nitrogen and oxygen atoms in total. The Balaban J connectivity index is 2.53. The number of rotatable bonds is 3. The molecule has 1 aliphatic heterocycles. The summed E-state index contributed by atoms with van der Waals surface area (Å²) in [6.07, 6.45) is 2.45. The quantitative estimate of drug-likeness (QED) is 0.753. The Bertz CT molecular complexity index is 221. The van der Waals surface area contributed by atoms with E-state index in [-0.39, 0.29) is 17.9 Å². The Labute approximate surface area is 96.4 Å². The van der Waals surface area contributed by atoms with E-state index in [0.29, 0.717) is 19.5 Å². The molecule has 0 spiro atoms. The summed E-state index contributed by atoms with van der Waals surface area (Å²) in [6.45, 7) is 5.09. The van der Waals surface area contributed by atoms with Gasteiger partial charge in [0.2, 0.25) is 5.91 Å². The molecular weight excluding hydrogens is 214 g/mol. The molecule has 0 bridgehead atoms. The van der Waals surface area contributed by atoms with Crippen LogP contribution in [0.5, 0.6) is 0 Å². The van der Waals surface area contributed by atoms with E-state index in [9.17, 15) is 9.90 Å². The van der Waals surface area contributed by atoms with Crippen LogP contribution < -0.4 is 0 Å². The number of piperidine rings is 1. The molecule has 1 fully saturated rings. The normalized spacial score (nSPS) is 28.9. The summed E-state index contributed by atoms with van der Waals surface area (Å²) in [5, 5.41) is 9.31. The van der Waals surface area contributed by atoms with Gasteiger partial charge < -0.3 is 10.0 Å². The van der Waals surface area contributed by atoms with Crippen LogP contribution in [-0.2, 0) is 4.79 Å². The molecule has 3 atom stereocenters. The minimum absolute atomic E-state index is 0.00957. The van der Waals surface area contributed by atoms with Crippen LogP contribution in [0.15, 0.2) is 0 Å². The van der Waals surface area contributed by atoms with Crippen molar-refractivity contribution in [1.29, 1.82) is 0 Å². The van der Waals surface area contributed by atoms with Crippen molar-refractivity contribution in [2.45, 2.75) is 44.6 Å². The van der Waals surface area contributed by atoms with Gasteiger partial charge in [-0.2, -0.15) is 0 Å². The second-order valence-corrected chi connectivity index (χ2v) is 4.96. The lowest BCUT2D eigenvalue weighted by Gasteiger charge is -2.36. The summed E-state index contributed by atoms with van der Waals surface area (Å²) in [5.74, 6) is 0.216. The first-order chi connectivity index (χ1) is 7.06. The number of amides is 1. The molecule has 15 heavy (non-hydrogen) atoms. The third-order valence-electron chi connectivity index (χ3n) is 3.01. The number of halogens is 1. The predicted octanol–water partition coefficient (Wildman–Crippen LogP) is 1.62. The first-order valence-corrected chi connectivity index (χ1v) is 6.10. The van der Waals surface area contributed by atoms with Gasteiger partial charge in [0, 0.05) is 19.0 Å². The molecule has 1 rings (SSSR count). The van der Waals surface area contributed by atoms with Crippen molar-refractivity contribution in [3.05, 3.63) is 0 Å². The topological polar surface area (TPSA) is 40.5 Å². The number of carbonyl (C=O) groups is 1. The minimum atomic E-state index is -0.456. The van der Waals surface area contributed by atoms with Crippen molar-refractivity contribution in [2.24, 2.45) is 5.92 Å². The maximum Gasteiger partial charge on any atom is 0.240 e. The van der Waals surface area contributed by atoms with Crippen LogP contribution in [0.3, 0.4) is 0 Å². The lowest BCUT2D eigenvalue weighted by atomic mass is 9.90. The van der Waals surface area contributed by atoms with Gasteiger partial charge in [0.1, 0.15) is 5.38 Å². The first kappa shape index (κ1) is 12.8. The van der Waals surface area contributed by atoms with Crippen LogP contribution >= 0.6 is 11.6 Å². The van der Waals surface area contributed by atoms with Gasteiger partial charge in [-0.05, 0) is 19.8 Å². The fourth-order valence-electron chi connectivity index (χ4n) is 2.13. The molecule has 0 aliphatic carbocycles. The summed E-state index contributed by atoms with van der Waals surface area (Å²) >= 11 is 5.77. The van der Waals surface area contributed by atoms with E-state index in [2.05, 4.69) is 6.92 Å². The molecule has 0 radical (unpaired) electrons. The maximum absolute atomic E-state index is 11.7. The smallest absolute Gasteiger partial charge is 0.240 e. The van der Waals surface area contributed by atoms with E-state index in [1.54, 1.807) is 11.8 Å². The van der Waals surface area contributed by atoms with Crippen LogP contribution in [0.4, 0.5) is 0 Å². The number of carbonyl (C=O) groups excluding carboxylic acids is 1. The molecule has 0 saturated carbocycles. The summed E-state index contributed by atoms with van der Waals surface area (Å²) in [6, 6.07) is 0. The third kappa shape index (κ3) is 3.35. The molecule has 1 aliphatic rings. The molecule has 1 saturated heterocycles. The highest BCUT2D eigenvalue weighted by atomic mass is 35.5. The molecule has 4 heteroatoms. The van der Waals surface area contributed by atoms with Crippen LogP contribution in [-0.4, -0.2) is 40.5 Å². The zero-order valence-corrected chi connectivity index (χ0v) is 10.2. The Morgan fingerprint density at radius 3 is 2.87 bits per heavy atom. The molecule has 0 aromatic heterocycles. The van der Waals surface area contributed by atoms with E-state index in [1.165, 1.54) is 0 Å². The van der Waals surface area contributed by atoms with Crippen LogP contribution in [0.2, 0.25) is 0 Å². The van der Waals surface area contributed by atoms with Gasteiger partial charge in [0.05, 0.1) is 6.10 Å². The van der Waals surface area contributed by atoms with Crippen molar-refractivity contribution in [3.8, 4) is 0 Å². The highest BCUT2D eigenvalue weighted by Crippen LogP contribution is 2.22. The largest absolute Gasteiger partial charge is 0.393 e. The number of aliphatic hydroxyl groups excluding tert-OH is 1. The van der Waals surface area contributed by atoms with Gasteiger partial charge in [-0.25, -0.2) is 0 Å². The van der Waals surface area contributed by atoms with E-state index >= 15 is 0 Å². The molecule has 1 amide bonds. The fraction of sp³-hybridized carbons (Fsp3) is 0.909. The molecular formula is C11H20ClNO2. The summed E-state index contributed by atoms with van der Waals surface area (Å²) in [4.78, 5) is 13.4. The van der Waals surface area contributed by atoms with E-state index < -0.39 is 5.38 Å². The molecule has 0 aromatic carbocycles. The molecule has 88 valence electrons. The zero-order chi connectivity index (χ0) is 11.4. The van der Waals surface area contributed by atoms with Gasteiger partial charge in [-0.3, -0.25) is 4.79 Å². The second-order valence-electron chi connectivity index (χ2n) is 4.31. The minimum Gasteiger partial charge on any atom is -0.393 e. The van der Waals surface area contributed by atoms with E-state index in [1.807, 2.05) is 0 Å². The van der Waals surface area contributed by atoms with Gasteiger partial charge in [0.25, 0.3) is 0 Å². The Kier molecular flexibility index (Phi) is 4.87. The van der Waals surface area contributed by atoms with Gasteiger partial charge in [0.15, 0.2) is 0 Å². The number of nitrogens with zero attached hydrogens (tertiary/aromatic N) is 1. The maximum atomic E-state index is 11.7. The average Bonchev–Trinajstić information content (AvgIpc) is 2.20. The Morgan fingerprint density at radius 2 is 2.33 bits per heavy atom. The number of likely N-dealkylation sites (tertiary alicyclic amines) is 1. The summed E-state index contributed by atoms with van der Waals surface area (Å²) < 4.78 is 0. The molecule has 0 aromatic rings. The average molecular weight is 234 g/mol. The fourth-order valence-corrected chi connectivity index (χ4v) is 2.26. The monoisotopic (exact) mass is 233 g/mol. The molecule has 1 N–H and O–H groups in total. The summed E-state index contributed by atoms with van der Waals surface area (Å²) in [5.41, 5.74) is 0. The van der Waals surface area contributed by atoms with Crippen molar-refractivity contribution >= 4 is 17.5 Å². The van der Waals surface area contributed by atoms with Gasteiger partial charge in [-0.15, -0.1) is 11.6 Å². The number of hydrogen-bond donors (Lipinski definition) is 1. The van der Waals surface area contributed by atoms with Crippen molar-refractivity contribution in [3.63, 3.8) is 0 Å². The van der Waals surface area contributed by atoms with Crippen LogP contribution in [0.1, 0.15) is 33.1 Å². The number of alkyl halides is 1. The van der Waals surface area contributed by atoms with Crippen molar-refractivity contribution in [1.82, 2.24) is 4.90 Å². The standard InChI is InChI=1S/C11H20ClNO2/c1-3-4-9-7-13(6-5-10(9)14)11(15)8(2)12/h8-10,14H,3-7H2,1-2H3/t8-,9-,10+/m1/s1. The third-order valence-corrected chi connectivity index (χ3v) is 3.19. The van der Waals surface area contributed by atoms with Crippen molar-refractivity contribution in [2.75, 3.05) is 13.1 Å². The lowest BCUT2D eigenvalue weighted by Crippen LogP contribution is -2.47. The summed E-state index contributed by atoms with van der Waals surface area (Å²) in [7, 11) is 0. The van der Waals surface area contributed by atoms with Crippen LogP contribution in [0.25, 0.3) is 0 Å². The van der Waals surface area contributed by atoms with E-state index in [4.69, 9.17) is 11.6 Å². The highest BCUT2D eigenvalue weighted by Gasteiger charge is 2.30. The van der Waals surface area contributed by atoms with Gasteiger partial charge in [-0.1, -0.05) is 13.3 Å². The lowest BCUT2D eigenvalue weighted by molar-refractivity contribution is -0.134. The van der Waals surface area contributed by atoms with Crippen LogP contribution in [0, 0.1) is 5.92 Å². The Hall–Kier alpha value is -0.280. The molecule has 1 heterocycles. The number of aliphatic hydroxyl groups is 1.